The third-order valence-electron chi connectivity index (χ3n) is 5.18. The lowest BCUT2D eigenvalue weighted by atomic mass is 9.92. The van der Waals surface area contributed by atoms with Crippen LogP contribution in [-0.4, -0.2) is 18.6 Å². The van der Waals surface area contributed by atoms with Crippen LogP contribution in [0.5, 0.6) is 11.5 Å². The summed E-state index contributed by atoms with van der Waals surface area (Å²) in [4.78, 5) is 0.148. The molecule has 6 heteroatoms. The van der Waals surface area contributed by atoms with Gasteiger partial charge in [0.05, 0.1) is 10.6 Å². The molecule has 0 aliphatic carbocycles. The van der Waals surface area contributed by atoms with Gasteiger partial charge in [0, 0.05) is 11.1 Å². The summed E-state index contributed by atoms with van der Waals surface area (Å²) in [6.07, 6.45) is 0. The minimum Gasteiger partial charge on any atom is -0.507 e. The summed E-state index contributed by atoms with van der Waals surface area (Å²) in [5.74, 6) is -0.0388. The highest BCUT2D eigenvalue weighted by molar-refractivity contribution is 7.92. The lowest BCUT2D eigenvalue weighted by Gasteiger charge is -2.17. The number of aromatic hydroxyl groups is 2. The van der Waals surface area contributed by atoms with E-state index in [2.05, 4.69) is 4.72 Å². The SMILES string of the molecule is Cc1ccc(S(=O)(=O)Nc2ccc(O)c(-c3c(O)ccc4ccccc34)c2C)cc1. The Hall–Kier alpha value is -3.51. The van der Waals surface area contributed by atoms with Crippen LogP contribution in [-0.2, 0) is 10.0 Å². The zero-order valence-electron chi connectivity index (χ0n) is 16.5. The summed E-state index contributed by atoms with van der Waals surface area (Å²) in [5, 5.41) is 22.9. The molecule has 0 aliphatic heterocycles. The number of phenols is 2. The van der Waals surface area contributed by atoms with Crippen LogP contribution in [0.25, 0.3) is 21.9 Å². The van der Waals surface area contributed by atoms with E-state index in [1.807, 2.05) is 31.2 Å². The van der Waals surface area contributed by atoms with Gasteiger partial charge in [0.1, 0.15) is 11.5 Å². The first kappa shape index (κ1) is 19.8. The van der Waals surface area contributed by atoms with Gasteiger partial charge in [-0.05, 0) is 60.5 Å². The Labute approximate surface area is 175 Å². The Morgan fingerprint density at radius 3 is 2.10 bits per heavy atom. The van der Waals surface area contributed by atoms with Crippen LogP contribution in [0.3, 0.4) is 0 Å². The highest BCUT2D eigenvalue weighted by atomic mass is 32.2. The van der Waals surface area contributed by atoms with E-state index in [-0.39, 0.29) is 16.4 Å². The summed E-state index contributed by atoms with van der Waals surface area (Å²) in [6, 6.07) is 20.4. The molecule has 0 radical (unpaired) electrons. The lowest BCUT2D eigenvalue weighted by Crippen LogP contribution is -2.14. The maximum atomic E-state index is 12.9. The first-order chi connectivity index (χ1) is 14.3. The van der Waals surface area contributed by atoms with E-state index < -0.39 is 10.0 Å². The molecule has 4 aromatic rings. The number of nitrogens with one attached hydrogen (secondary N) is 1. The van der Waals surface area contributed by atoms with Crippen LogP contribution in [0.15, 0.2) is 77.7 Å². The fraction of sp³-hybridized carbons (Fsp3) is 0.0833. The summed E-state index contributed by atoms with van der Waals surface area (Å²) >= 11 is 0. The average molecular weight is 420 g/mol. The van der Waals surface area contributed by atoms with Crippen molar-refractivity contribution in [2.75, 3.05) is 4.72 Å². The quantitative estimate of drug-likeness (QED) is 0.390. The molecule has 0 heterocycles. The number of rotatable bonds is 4. The standard InChI is InChI=1S/C24H21NO4S/c1-15-7-10-18(11-8-15)30(28,29)25-20-12-14-21(26)23(16(20)2)24-19-6-4-3-5-17(19)9-13-22(24)27/h3-14,25-27H,1-2H3. The molecule has 0 saturated carbocycles. The van der Waals surface area contributed by atoms with Crippen molar-refractivity contribution in [2.24, 2.45) is 0 Å². The van der Waals surface area contributed by atoms with Gasteiger partial charge in [0.15, 0.2) is 0 Å². The number of aryl methyl sites for hydroxylation is 1. The van der Waals surface area contributed by atoms with Crippen molar-refractivity contribution in [1.29, 1.82) is 0 Å². The molecule has 4 rings (SSSR count). The third-order valence-corrected chi connectivity index (χ3v) is 6.56. The van der Waals surface area contributed by atoms with Crippen LogP contribution in [0.4, 0.5) is 5.69 Å². The predicted octanol–water partition coefficient (Wildman–Crippen LogP) is 5.34. The van der Waals surface area contributed by atoms with Crippen molar-refractivity contribution in [3.05, 3.63) is 83.9 Å². The zero-order valence-corrected chi connectivity index (χ0v) is 17.4. The zero-order chi connectivity index (χ0) is 21.5. The minimum absolute atomic E-state index is 0.00522. The first-order valence-corrected chi connectivity index (χ1v) is 10.9. The Morgan fingerprint density at radius 2 is 1.37 bits per heavy atom. The van der Waals surface area contributed by atoms with Crippen LogP contribution in [0.1, 0.15) is 11.1 Å². The van der Waals surface area contributed by atoms with Crippen molar-refractivity contribution in [3.8, 4) is 22.6 Å². The molecule has 0 fully saturated rings. The smallest absolute Gasteiger partial charge is 0.261 e. The summed E-state index contributed by atoms with van der Waals surface area (Å²) < 4.78 is 28.3. The molecule has 0 aliphatic rings. The van der Waals surface area contributed by atoms with Crippen molar-refractivity contribution in [1.82, 2.24) is 0 Å². The van der Waals surface area contributed by atoms with Crippen LogP contribution in [0, 0.1) is 13.8 Å². The molecular weight excluding hydrogens is 398 g/mol. The predicted molar refractivity (Wildman–Crippen MR) is 119 cm³/mol. The molecule has 30 heavy (non-hydrogen) atoms. The molecule has 0 unspecified atom stereocenters. The molecule has 3 N–H and O–H groups in total. The van der Waals surface area contributed by atoms with E-state index in [0.29, 0.717) is 22.4 Å². The van der Waals surface area contributed by atoms with Crippen LogP contribution < -0.4 is 4.72 Å². The molecule has 0 bridgehead atoms. The van der Waals surface area contributed by atoms with Crippen molar-refractivity contribution in [2.45, 2.75) is 18.7 Å². The number of phenolic OH excluding ortho intramolecular Hbond substituents is 2. The Kier molecular flexibility index (Phi) is 4.87. The topological polar surface area (TPSA) is 86.6 Å². The van der Waals surface area contributed by atoms with Crippen LogP contribution in [0.2, 0.25) is 0 Å². The number of benzene rings is 4. The van der Waals surface area contributed by atoms with Gasteiger partial charge in [-0.3, -0.25) is 4.72 Å². The van der Waals surface area contributed by atoms with Gasteiger partial charge in [-0.15, -0.1) is 0 Å². The van der Waals surface area contributed by atoms with Gasteiger partial charge in [0.2, 0.25) is 0 Å². The Morgan fingerprint density at radius 1 is 0.733 bits per heavy atom. The second kappa shape index (κ2) is 7.39. The van der Waals surface area contributed by atoms with E-state index >= 15 is 0 Å². The molecular formula is C24H21NO4S. The number of hydrogen-bond acceptors (Lipinski definition) is 4. The van der Waals surface area contributed by atoms with Crippen LogP contribution >= 0.6 is 0 Å². The van der Waals surface area contributed by atoms with E-state index in [1.54, 1.807) is 43.3 Å². The number of sulfonamides is 1. The van der Waals surface area contributed by atoms with E-state index in [4.69, 9.17) is 0 Å². The number of hydrogen-bond donors (Lipinski definition) is 3. The summed E-state index contributed by atoms with van der Waals surface area (Å²) in [6.45, 7) is 3.60. The van der Waals surface area contributed by atoms with Gasteiger partial charge in [-0.2, -0.15) is 0 Å². The molecule has 0 amide bonds. The van der Waals surface area contributed by atoms with Gasteiger partial charge in [-0.1, -0.05) is 48.0 Å². The van der Waals surface area contributed by atoms with Gasteiger partial charge in [-0.25, -0.2) is 8.42 Å². The molecule has 0 atom stereocenters. The Bertz CT molecular complexity index is 1360. The summed E-state index contributed by atoms with van der Waals surface area (Å²) in [7, 11) is -3.81. The van der Waals surface area contributed by atoms with E-state index in [0.717, 1.165) is 16.3 Å². The maximum Gasteiger partial charge on any atom is 0.261 e. The Balaban J connectivity index is 1.87. The molecule has 4 aromatic carbocycles. The van der Waals surface area contributed by atoms with Crippen molar-refractivity contribution >= 4 is 26.5 Å². The number of anilines is 1. The molecule has 0 saturated heterocycles. The maximum absolute atomic E-state index is 12.9. The van der Waals surface area contributed by atoms with Crippen molar-refractivity contribution in [3.63, 3.8) is 0 Å². The molecule has 152 valence electrons. The second-order valence-corrected chi connectivity index (χ2v) is 8.91. The minimum atomic E-state index is -3.81. The van der Waals surface area contributed by atoms with Gasteiger partial charge < -0.3 is 10.2 Å². The van der Waals surface area contributed by atoms with Crippen molar-refractivity contribution < 1.29 is 18.6 Å². The fourth-order valence-corrected chi connectivity index (χ4v) is 4.69. The second-order valence-electron chi connectivity index (χ2n) is 7.23. The highest BCUT2D eigenvalue weighted by Crippen LogP contribution is 2.44. The number of fused-ring (bicyclic) bond motifs is 1. The largest absolute Gasteiger partial charge is 0.507 e. The molecule has 5 nitrogen and oxygen atoms in total. The highest BCUT2D eigenvalue weighted by Gasteiger charge is 2.21. The lowest BCUT2D eigenvalue weighted by molar-refractivity contribution is 0.469. The normalized spacial score (nSPS) is 11.5. The monoisotopic (exact) mass is 419 g/mol. The average Bonchev–Trinajstić information content (AvgIpc) is 2.72. The van der Waals surface area contributed by atoms with Gasteiger partial charge >= 0.3 is 0 Å². The molecule has 0 aromatic heterocycles. The van der Waals surface area contributed by atoms with Gasteiger partial charge in [0.25, 0.3) is 10.0 Å². The first-order valence-electron chi connectivity index (χ1n) is 9.41. The third kappa shape index (κ3) is 3.46. The van der Waals surface area contributed by atoms with E-state index in [9.17, 15) is 18.6 Å². The van der Waals surface area contributed by atoms with E-state index in [1.165, 1.54) is 12.1 Å². The molecule has 0 spiro atoms. The summed E-state index contributed by atoms with van der Waals surface area (Å²) in [5.41, 5.74) is 2.64. The fourth-order valence-electron chi connectivity index (χ4n) is 3.57.